The lowest BCUT2D eigenvalue weighted by Gasteiger charge is -2.58. The van der Waals surface area contributed by atoms with Crippen molar-refractivity contribution in [1.82, 2.24) is 0 Å². The minimum absolute atomic E-state index is 0.0362. The molecule has 0 aromatic heterocycles. The van der Waals surface area contributed by atoms with Gasteiger partial charge in [-0.25, -0.2) is 0 Å². The van der Waals surface area contributed by atoms with E-state index in [2.05, 4.69) is 56.0 Å². The summed E-state index contributed by atoms with van der Waals surface area (Å²) in [6.07, 6.45) is 8.57. The van der Waals surface area contributed by atoms with E-state index in [1.165, 1.54) is 0 Å². The molecule has 0 spiro atoms. The molecule has 7 unspecified atom stereocenters. The first kappa shape index (κ1) is 26.8. The Morgan fingerprint density at radius 2 is 2.06 bits per heavy atom. The minimum atomic E-state index is -1.20. The molecule has 1 N–H and O–H groups in total. The third-order valence-electron chi connectivity index (χ3n) is 10.7. The fourth-order valence-electron chi connectivity index (χ4n) is 9.39. The van der Waals surface area contributed by atoms with Crippen LogP contribution in [0.2, 0.25) is 0 Å². The molecular weight excluding hydrogens is 571 g/mol. The molecule has 4 aliphatic carbocycles. The summed E-state index contributed by atoms with van der Waals surface area (Å²) in [5.74, 6) is 0.249. The molecule has 7 heteroatoms. The number of aldehydes is 1. The lowest BCUT2D eigenvalue weighted by Crippen LogP contribution is -2.63. The van der Waals surface area contributed by atoms with E-state index in [0.29, 0.717) is 37.9 Å². The topological polar surface area (TPSA) is 82.1 Å². The number of aliphatic carboxylic acids is 1. The molecular formula is C29H41IO6. The van der Waals surface area contributed by atoms with Crippen molar-refractivity contribution < 1.29 is 28.9 Å². The number of halogens is 1. The fourth-order valence-corrected chi connectivity index (χ4v) is 10.6. The summed E-state index contributed by atoms with van der Waals surface area (Å²) in [5, 5.41) is 11.1. The van der Waals surface area contributed by atoms with Crippen LogP contribution in [0.25, 0.3) is 0 Å². The highest BCUT2D eigenvalue weighted by Gasteiger charge is 2.84. The van der Waals surface area contributed by atoms with E-state index >= 15 is 0 Å². The summed E-state index contributed by atoms with van der Waals surface area (Å²) in [6, 6.07) is 0. The number of carboxylic acid groups (broad SMARTS) is 1. The van der Waals surface area contributed by atoms with Crippen LogP contribution in [0, 0.1) is 45.8 Å². The van der Waals surface area contributed by atoms with Crippen molar-refractivity contribution in [3.05, 3.63) is 24.3 Å². The van der Waals surface area contributed by atoms with E-state index in [1.54, 1.807) is 6.08 Å². The smallest absolute Gasteiger partial charge is 0.315 e. The number of fused-ring (bicyclic) bond motifs is 2. The van der Waals surface area contributed by atoms with Crippen LogP contribution in [-0.2, 0) is 23.8 Å². The van der Waals surface area contributed by atoms with Gasteiger partial charge in [-0.1, -0.05) is 67.5 Å². The van der Waals surface area contributed by atoms with E-state index in [-0.39, 0.29) is 33.9 Å². The zero-order valence-corrected chi connectivity index (χ0v) is 24.1. The molecule has 1 aliphatic heterocycles. The minimum Gasteiger partial charge on any atom is -0.481 e. The van der Waals surface area contributed by atoms with Crippen molar-refractivity contribution in [1.29, 1.82) is 0 Å². The van der Waals surface area contributed by atoms with E-state index in [4.69, 9.17) is 14.2 Å². The number of ether oxygens (including phenoxy) is 3. The number of hydrogen-bond donors (Lipinski definition) is 1. The zero-order valence-electron chi connectivity index (χ0n) is 22.0. The highest BCUT2D eigenvalue weighted by molar-refractivity contribution is 14.1. The normalized spacial score (nSPS) is 49.1. The van der Waals surface area contributed by atoms with Crippen LogP contribution >= 0.6 is 22.6 Å². The summed E-state index contributed by atoms with van der Waals surface area (Å²) in [5.41, 5.74) is -1.73. The predicted molar refractivity (Wildman–Crippen MR) is 145 cm³/mol. The van der Waals surface area contributed by atoms with Gasteiger partial charge >= 0.3 is 5.97 Å². The highest BCUT2D eigenvalue weighted by Crippen LogP contribution is 2.82. The number of allylic oxidation sites excluding steroid dienone is 1. The lowest BCUT2D eigenvalue weighted by molar-refractivity contribution is -0.243. The van der Waals surface area contributed by atoms with Crippen LogP contribution in [0.1, 0.15) is 59.8 Å². The summed E-state index contributed by atoms with van der Waals surface area (Å²) in [7, 11) is 0. The Bertz CT molecular complexity index is 936. The van der Waals surface area contributed by atoms with Gasteiger partial charge in [0, 0.05) is 15.8 Å². The second kappa shape index (κ2) is 9.45. The largest absolute Gasteiger partial charge is 0.481 e. The summed E-state index contributed by atoms with van der Waals surface area (Å²) in [4.78, 5) is 26.7. The number of alkyl halides is 1. The van der Waals surface area contributed by atoms with E-state index < -0.39 is 28.5 Å². The first-order valence-electron chi connectivity index (χ1n) is 13.6. The third-order valence-corrected chi connectivity index (χ3v) is 11.9. The molecule has 0 aromatic rings. The molecule has 4 fully saturated rings. The van der Waals surface area contributed by atoms with E-state index in [1.807, 2.05) is 6.92 Å². The van der Waals surface area contributed by atoms with Crippen molar-refractivity contribution in [2.75, 3.05) is 13.2 Å². The molecule has 0 radical (unpaired) electrons. The number of carbonyl (C=O) groups is 2. The van der Waals surface area contributed by atoms with E-state index in [0.717, 1.165) is 31.1 Å². The Hall–Kier alpha value is -0.770. The first-order chi connectivity index (χ1) is 17.1. The number of hydrogen-bond acceptors (Lipinski definition) is 5. The average molecular weight is 613 g/mol. The maximum atomic E-state index is 13.5. The van der Waals surface area contributed by atoms with Crippen LogP contribution in [-0.4, -0.2) is 53.0 Å². The quantitative estimate of drug-likeness (QED) is 0.162. The summed E-state index contributed by atoms with van der Waals surface area (Å²) >= 11 is 2.41. The SMILES string of the molecule is C=CCO[C@H]1[C@H](I)C[C@H](OCC23CC4C(C)CCC4C4(C=O)CC2C=C(C(C)C)C43C(=O)O)O[C@@H]1C. The van der Waals surface area contributed by atoms with Crippen LogP contribution in [0.4, 0.5) is 0 Å². The van der Waals surface area contributed by atoms with Gasteiger partial charge in [0.25, 0.3) is 0 Å². The number of carbonyl (C=O) groups excluding carboxylic acids is 1. The van der Waals surface area contributed by atoms with Crippen LogP contribution in [0.5, 0.6) is 0 Å². The fraction of sp³-hybridized carbons (Fsp3) is 0.793. The summed E-state index contributed by atoms with van der Waals surface area (Å²) < 4.78 is 19.0. The molecule has 0 amide bonds. The van der Waals surface area contributed by atoms with Crippen molar-refractivity contribution in [3.8, 4) is 0 Å². The molecule has 11 atom stereocenters. The Balaban J connectivity index is 1.49. The average Bonchev–Trinajstić information content (AvgIpc) is 3.39. The highest BCUT2D eigenvalue weighted by atomic mass is 127. The van der Waals surface area contributed by atoms with Crippen molar-refractivity contribution in [2.45, 2.75) is 82.2 Å². The third kappa shape index (κ3) is 3.37. The molecule has 4 bridgehead atoms. The van der Waals surface area contributed by atoms with Gasteiger partial charge in [0.15, 0.2) is 6.29 Å². The van der Waals surface area contributed by atoms with Crippen LogP contribution in [0.3, 0.4) is 0 Å². The molecule has 5 rings (SSSR count). The zero-order chi connectivity index (χ0) is 26.0. The molecule has 36 heavy (non-hydrogen) atoms. The number of carboxylic acids is 1. The molecule has 6 nitrogen and oxygen atoms in total. The maximum Gasteiger partial charge on any atom is 0.315 e. The lowest BCUT2D eigenvalue weighted by atomic mass is 9.43. The Labute approximate surface area is 228 Å². The first-order valence-corrected chi connectivity index (χ1v) is 14.9. The molecule has 3 saturated carbocycles. The van der Waals surface area contributed by atoms with Crippen LogP contribution < -0.4 is 0 Å². The molecule has 1 saturated heterocycles. The summed E-state index contributed by atoms with van der Waals surface area (Å²) in [6.45, 7) is 13.0. The number of rotatable bonds is 9. The Morgan fingerprint density at radius 1 is 1.31 bits per heavy atom. The Morgan fingerprint density at radius 3 is 2.67 bits per heavy atom. The van der Waals surface area contributed by atoms with Gasteiger partial charge in [-0.05, 0) is 55.8 Å². The van der Waals surface area contributed by atoms with Gasteiger partial charge < -0.3 is 24.1 Å². The standard InChI is InChI=1S/C29H41IO6/c1-6-9-34-25-18(5)36-24(11-23(25)30)35-15-28-13-20-17(4)7-8-21(20)27(14-31)12-19(28)10-22(16(2)3)29(27,28)26(32)33/h6,10,14,16-21,23-25H,1,7-9,11-13,15H2,2-5H3,(H,32,33)/t17?,18-,19?,20?,21?,23-,24-,25-,27?,28?,29?/m1/s1. The van der Waals surface area contributed by atoms with Crippen molar-refractivity contribution in [3.63, 3.8) is 0 Å². The molecule has 0 aromatic carbocycles. The van der Waals surface area contributed by atoms with Crippen molar-refractivity contribution in [2.24, 2.45) is 45.8 Å². The predicted octanol–water partition coefficient (Wildman–Crippen LogP) is 5.44. The van der Waals surface area contributed by atoms with Gasteiger partial charge in [0.1, 0.15) is 11.7 Å². The maximum absolute atomic E-state index is 13.5. The van der Waals surface area contributed by atoms with E-state index in [9.17, 15) is 14.7 Å². The second-order valence-electron chi connectivity index (χ2n) is 12.4. The monoisotopic (exact) mass is 612 g/mol. The Kier molecular flexibility index (Phi) is 7.04. The van der Waals surface area contributed by atoms with Crippen molar-refractivity contribution >= 4 is 34.8 Å². The molecule has 1 heterocycles. The van der Waals surface area contributed by atoms with Gasteiger partial charge in [-0.15, -0.1) is 6.58 Å². The van der Waals surface area contributed by atoms with Gasteiger partial charge in [-0.2, -0.15) is 0 Å². The van der Waals surface area contributed by atoms with Gasteiger partial charge in [0.2, 0.25) is 0 Å². The molecule has 200 valence electrons. The molecule has 5 aliphatic rings. The van der Waals surface area contributed by atoms with Crippen LogP contribution in [0.15, 0.2) is 24.3 Å². The second-order valence-corrected chi connectivity index (χ2v) is 14.0. The van der Waals surface area contributed by atoms with Gasteiger partial charge in [0.05, 0.1) is 30.8 Å². The van der Waals surface area contributed by atoms with Gasteiger partial charge in [-0.3, -0.25) is 4.79 Å².